The van der Waals surface area contributed by atoms with Gasteiger partial charge < -0.3 is 0 Å². The van der Waals surface area contributed by atoms with Crippen LogP contribution in [0.3, 0.4) is 0 Å². The van der Waals surface area contributed by atoms with Crippen LogP contribution in [0.2, 0.25) is 0 Å². The number of alkyl halides is 2. The predicted molar refractivity (Wildman–Crippen MR) is 66.7 cm³/mol. The molecule has 2 atom stereocenters. The second kappa shape index (κ2) is 2.94. The van der Waals surface area contributed by atoms with Crippen LogP contribution in [-0.2, 0) is 0 Å². The first-order valence-electron chi connectivity index (χ1n) is 9.06. The van der Waals surface area contributed by atoms with Crippen molar-refractivity contribution in [1.82, 2.24) is 4.90 Å². The van der Waals surface area contributed by atoms with Crippen molar-refractivity contribution in [3.63, 3.8) is 0 Å². The summed E-state index contributed by atoms with van der Waals surface area (Å²) in [5.74, 6) is -3.33. The van der Waals surface area contributed by atoms with Crippen LogP contribution in [-0.4, -0.2) is 29.4 Å². The number of fused-ring (bicyclic) bond motifs is 2. The van der Waals surface area contributed by atoms with E-state index < -0.39 is 36.2 Å². The highest BCUT2D eigenvalue weighted by atomic mass is 19.3. The van der Waals surface area contributed by atoms with E-state index in [1.165, 1.54) is 4.90 Å². The lowest BCUT2D eigenvalue weighted by molar-refractivity contribution is 0.0629. The van der Waals surface area contributed by atoms with Gasteiger partial charge in [-0.2, -0.15) is 0 Å². The molecule has 0 aromatic heterocycles. The van der Waals surface area contributed by atoms with E-state index in [0.717, 1.165) is 19.3 Å². The van der Waals surface area contributed by atoms with Gasteiger partial charge in [0.2, 0.25) is 0 Å². The maximum absolute atomic E-state index is 14.1. The van der Waals surface area contributed by atoms with E-state index in [4.69, 9.17) is 5.48 Å². The van der Waals surface area contributed by atoms with E-state index in [2.05, 4.69) is 0 Å². The quantitative estimate of drug-likeness (QED) is 0.731. The van der Waals surface area contributed by atoms with Crippen molar-refractivity contribution < 1.29 is 14.3 Å². The topological polar surface area (TPSA) is 3.24 Å². The van der Waals surface area contributed by atoms with E-state index in [1.54, 1.807) is 13.8 Å². The van der Waals surface area contributed by atoms with Crippen molar-refractivity contribution in [1.29, 1.82) is 0 Å². The first kappa shape index (κ1) is 8.18. The molecule has 0 radical (unpaired) electrons. The third-order valence-electron chi connectivity index (χ3n) is 5.54. The van der Waals surface area contributed by atoms with E-state index in [1.807, 2.05) is 0 Å². The average Bonchev–Trinajstić information content (AvgIpc) is 3.18. The van der Waals surface area contributed by atoms with Crippen molar-refractivity contribution >= 4 is 0 Å². The third kappa shape index (κ3) is 1.16. The van der Waals surface area contributed by atoms with Gasteiger partial charge in [0.25, 0.3) is 5.92 Å². The Morgan fingerprint density at radius 1 is 1.22 bits per heavy atom. The Hall–Kier alpha value is -0.180. The molecule has 2 aliphatic heterocycles. The predicted octanol–water partition coefficient (Wildman–Crippen LogP) is 3.69. The lowest BCUT2D eigenvalue weighted by Crippen LogP contribution is -2.45. The SMILES string of the molecule is [2H]C1([2H])N2CCC3(CC3)[C@@]2(C([2H])([2H])C(C)C)C[C@]12CC2(F)F. The van der Waals surface area contributed by atoms with E-state index >= 15 is 0 Å². The zero-order chi connectivity index (χ0) is 16.4. The second-order valence-corrected chi connectivity index (χ2v) is 7.09. The first-order valence-corrected chi connectivity index (χ1v) is 7.06. The third-order valence-corrected chi connectivity index (χ3v) is 5.54. The molecule has 2 saturated carbocycles. The largest absolute Gasteiger partial charge is 0.296 e. The number of hydrogen-bond acceptors (Lipinski definition) is 1. The molecule has 102 valence electrons. The van der Waals surface area contributed by atoms with Gasteiger partial charge in [0.05, 0.1) is 5.41 Å². The molecule has 2 aliphatic carbocycles. The minimum Gasteiger partial charge on any atom is -0.296 e. The lowest BCUT2D eigenvalue weighted by Gasteiger charge is -2.39. The summed E-state index contributed by atoms with van der Waals surface area (Å²) in [6.07, 6.45) is 0.275. The molecule has 2 heterocycles. The van der Waals surface area contributed by atoms with Crippen LogP contribution in [0.5, 0.6) is 0 Å². The minimum atomic E-state index is -3.00. The molecule has 0 N–H and O–H groups in total. The highest BCUT2D eigenvalue weighted by molar-refractivity contribution is 5.29. The van der Waals surface area contributed by atoms with Gasteiger partial charge in [0, 0.05) is 23.9 Å². The summed E-state index contributed by atoms with van der Waals surface area (Å²) in [5, 5.41) is 0. The van der Waals surface area contributed by atoms with Gasteiger partial charge in [-0.25, -0.2) is 8.78 Å². The van der Waals surface area contributed by atoms with Gasteiger partial charge in [-0.3, -0.25) is 4.90 Å². The Kier molecular flexibility index (Phi) is 1.34. The van der Waals surface area contributed by atoms with Gasteiger partial charge in [0.15, 0.2) is 0 Å². The molecule has 4 aliphatic rings. The van der Waals surface area contributed by atoms with Gasteiger partial charge in [-0.15, -0.1) is 0 Å². The van der Waals surface area contributed by atoms with Crippen molar-refractivity contribution in [3.8, 4) is 0 Å². The fourth-order valence-electron chi connectivity index (χ4n) is 4.40. The van der Waals surface area contributed by atoms with Gasteiger partial charge in [-0.1, -0.05) is 13.8 Å². The summed E-state index contributed by atoms with van der Waals surface area (Å²) in [6, 6.07) is 0. The Labute approximate surface area is 114 Å². The molecule has 4 rings (SSSR count). The molecule has 3 heteroatoms. The zero-order valence-electron chi connectivity index (χ0n) is 15.0. The van der Waals surface area contributed by atoms with Crippen molar-refractivity contribution in [3.05, 3.63) is 0 Å². The van der Waals surface area contributed by atoms with Crippen LogP contribution in [0, 0.1) is 16.7 Å². The number of hydrogen-bond donors (Lipinski definition) is 0. The van der Waals surface area contributed by atoms with Crippen LogP contribution < -0.4 is 0 Å². The standard InChI is InChI=1S/C15H23F2N/c1-11(2)7-14-8-13(9-15(13,16)17)10-18(14)6-5-12(14)3-4-12/h11H,3-10H2,1-2H3/t13-,14+/m0/s1/i7D2,10D2. The summed E-state index contributed by atoms with van der Waals surface area (Å²) in [4.78, 5) is 1.52. The average molecular weight is 259 g/mol. The Morgan fingerprint density at radius 2 is 1.89 bits per heavy atom. The maximum atomic E-state index is 14.1. The zero-order valence-corrected chi connectivity index (χ0v) is 11.0. The highest BCUT2D eigenvalue weighted by Gasteiger charge is 2.81. The summed E-state index contributed by atoms with van der Waals surface area (Å²) < 4.78 is 62.6. The number of nitrogens with zero attached hydrogens (tertiary/aromatic N) is 1. The molecule has 18 heavy (non-hydrogen) atoms. The molecule has 4 fully saturated rings. The summed E-state index contributed by atoms with van der Waals surface area (Å²) >= 11 is 0. The normalized spacial score (nSPS) is 54.1. The second-order valence-electron chi connectivity index (χ2n) is 7.09. The van der Waals surface area contributed by atoms with E-state index in [-0.39, 0.29) is 17.8 Å². The lowest BCUT2D eigenvalue weighted by atomic mass is 9.72. The molecule has 0 aromatic carbocycles. The smallest absolute Gasteiger partial charge is 0.255 e. The molecule has 0 amide bonds. The van der Waals surface area contributed by atoms with E-state index in [9.17, 15) is 8.78 Å². The highest BCUT2D eigenvalue weighted by Crippen LogP contribution is 2.77. The van der Waals surface area contributed by atoms with Crippen LogP contribution in [0.15, 0.2) is 0 Å². The monoisotopic (exact) mass is 259 g/mol. The number of rotatable bonds is 2. The van der Waals surface area contributed by atoms with Gasteiger partial charge in [0.1, 0.15) is 0 Å². The molecular formula is C15H23F2N. The fourth-order valence-corrected chi connectivity index (χ4v) is 4.40. The first-order chi connectivity index (χ1) is 9.90. The maximum Gasteiger partial charge on any atom is 0.255 e. The summed E-state index contributed by atoms with van der Waals surface area (Å²) in [6.45, 7) is 1.85. The Bertz CT molecular complexity index is 546. The Balaban J connectivity index is 1.90. The molecule has 1 nitrogen and oxygen atoms in total. The fraction of sp³-hybridized carbons (Fsp3) is 1.00. The number of halogens is 2. The summed E-state index contributed by atoms with van der Waals surface area (Å²) in [7, 11) is 0. The Morgan fingerprint density at radius 3 is 2.39 bits per heavy atom. The van der Waals surface area contributed by atoms with Crippen LogP contribution in [0.4, 0.5) is 8.78 Å². The van der Waals surface area contributed by atoms with Crippen LogP contribution in [0.25, 0.3) is 0 Å². The van der Waals surface area contributed by atoms with Gasteiger partial charge in [-0.05, 0) is 49.9 Å². The molecule has 0 bridgehead atoms. The summed E-state index contributed by atoms with van der Waals surface area (Å²) in [5.41, 5.74) is -3.05. The minimum absolute atomic E-state index is 0.0365. The van der Waals surface area contributed by atoms with Crippen LogP contribution >= 0.6 is 0 Å². The van der Waals surface area contributed by atoms with Crippen molar-refractivity contribution in [2.24, 2.45) is 16.7 Å². The molecule has 0 unspecified atom stereocenters. The molecule has 2 spiro atoms. The van der Waals surface area contributed by atoms with Crippen molar-refractivity contribution in [2.45, 2.75) is 63.8 Å². The van der Waals surface area contributed by atoms with Crippen molar-refractivity contribution in [2.75, 3.05) is 13.0 Å². The van der Waals surface area contributed by atoms with E-state index in [0.29, 0.717) is 6.54 Å². The molecular weight excluding hydrogens is 232 g/mol. The van der Waals surface area contributed by atoms with Gasteiger partial charge >= 0.3 is 0 Å². The molecule has 2 saturated heterocycles. The molecule has 0 aromatic rings. The van der Waals surface area contributed by atoms with Crippen LogP contribution in [0.1, 0.15) is 57.8 Å².